The summed E-state index contributed by atoms with van der Waals surface area (Å²) < 4.78 is 134. The van der Waals surface area contributed by atoms with E-state index in [0.29, 0.717) is 41.7 Å². The van der Waals surface area contributed by atoms with E-state index in [9.17, 15) is 39.5 Å². The fourth-order valence-corrected chi connectivity index (χ4v) is 6.21. The maximum Gasteiger partial charge on any atom is 0.432 e. The van der Waals surface area contributed by atoms with E-state index < -0.39 is 52.4 Å². The molecule has 0 amide bonds. The predicted octanol–water partition coefficient (Wildman–Crippen LogP) is 9.51. The summed E-state index contributed by atoms with van der Waals surface area (Å²) in [6, 6.07) is 1.17. The van der Waals surface area contributed by atoms with Crippen molar-refractivity contribution in [1.29, 1.82) is 0 Å². The van der Waals surface area contributed by atoms with Crippen molar-refractivity contribution in [2.24, 2.45) is 5.92 Å². The fraction of sp³-hybridized carbons (Fsp3) is 0.500. The third-order valence-electron chi connectivity index (χ3n) is 6.75. The lowest BCUT2D eigenvalue weighted by Crippen LogP contribution is -2.26. The van der Waals surface area contributed by atoms with Crippen LogP contribution in [0.3, 0.4) is 0 Å². The molecule has 0 spiro atoms. The number of alkyl halides is 5. The van der Waals surface area contributed by atoms with E-state index in [1.54, 1.807) is 7.11 Å². The van der Waals surface area contributed by atoms with Crippen LogP contribution in [0.2, 0.25) is 0 Å². The van der Waals surface area contributed by atoms with E-state index in [0.717, 1.165) is 25.0 Å². The minimum atomic E-state index is -5.44. The molecule has 0 aliphatic heterocycles. The Hall–Kier alpha value is -2.34. The Morgan fingerprint density at radius 3 is 1.98 bits per heavy atom. The zero-order chi connectivity index (χ0) is 29.8. The van der Waals surface area contributed by atoms with Gasteiger partial charge in [0.2, 0.25) is 0 Å². The first-order valence-electron chi connectivity index (χ1n) is 12.6. The number of hydrogen-bond donors (Lipinski definition) is 0. The fourth-order valence-electron chi connectivity index (χ4n) is 4.64. The molecule has 0 fully saturated rings. The number of hydrogen-bond acceptors (Lipinski definition) is 3. The molecule has 1 aliphatic carbocycles. The Kier molecular flexibility index (Phi) is 10.5. The van der Waals surface area contributed by atoms with Crippen LogP contribution in [0.1, 0.15) is 62.6 Å². The number of methoxy groups -OCH3 is 1. The number of halogens is 9. The van der Waals surface area contributed by atoms with Crippen LogP contribution in [0.5, 0.6) is 5.75 Å². The van der Waals surface area contributed by atoms with E-state index in [1.807, 2.05) is 24.8 Å². The molecule has 40 heavy (non-hydrogen) atoms. The first-order chi connectivity index (χ1) is 18.7. The van der Waals surface area contributed by atoms with Gasteiger partial charge >= 0.3 is 12.3 Å². The van der Waals surface area contributed by atoms with Crippen LogP contribution in [0.15, 0.2) is 30.3 Å². The summed E-state index contributed by atoms with van der Waals surface area (Å²) in [5, 5.41) is 0.368. The first-order valence-corrected chi connectivity index (χ1v) is 13.7. The summed E-state index contributed by atoms with van der Waals surface area (Å²) in [5.74, 6) is -8.01. The third kappa shape index (κ3) is 7.69. The van der Waals surface area contributed by atoms with Crippen molar-refractivity contribution in [3.05, 3.63) is 70.3 Å². The van der Waals surface area contributed by atoms with Crippen molar-refractivity contribution in [3.63, 3.8) is 0 Å². The predicted molar refractivity (Wildman–Crippen MR) is 135 cm³/mol. The number of thioether (sulfide) groups is 1. The van der Waals surface area contributed by atoms with Gasteiger partial charge < -0.3 is 9.47 Å². The topological polar surface area (TPSA) is 18.5 Å². The quantitative estimate of drug-likeness (QED) is 0.240. The molecule has 2 aromatic rings. The van der Waals surface area contributed by atoms with Crippen LogP contribution in [-0.4, -0.2) is 24.2 Å². The average Bonchev–Trinajstić information content (AvgIpc) is 2.84. The molecule has 2 nitrogen and oxygen atoms in total. The highest BCUT2D eigenvalue weighted by Crippen LogP contribution is 2.42. The van der Waals surface area contributed by atoms with Crippen LogP contribution in [0, 0.1) is 29.2 Å². The van der Waals surface area contributed by atoms with Gasteiger partial charge in [-0.3, -0.25) is 0 Å². The number of ether oxygens (including phenoxy) is 2. The zero-order valence-electron chi connectivity index (χ0n) is 22.0. The molecule has 0 heterocycles. The Bertz CT molecular complexity index is 1170. The first kappa shape index (κ1) is 32.2. The van der Waals surface area contributed by atoms with Gasteiger partial charge in [0.05, 0.1) is 6.10 Å². The van der Waals surface area contributed by atoms with Crippen molar-refractivity contribution >= 4 is 17.3 Å². The summed E-state index contributed by atoms with van der Waals surface area (Å²) in [5.41, 5.74) is -3.50. The van der Waals surface area contributed by atoms with E-state index in [1.165, 1.54) is 0 Å². The summed E-state index contributed by atoms with van der Waals surface area (Å²) in [7, 11) is 1.65. The highest BCUT2D eigenvalue weighted by molar-refractivity contribution is 7.99. The number of benzene rings is 2. The molecule has 3 atom stereocenters. The SMILES string of the molecule is CCCC(SCC(C)OC)C1CC=C(c2cc(F)c(C(F)(F)Oc3cc(F)c(C(F)(F)F)c(F)c3)c(F)c2)CC1. The molecule has 1 aliphatic rings. The molecule has 0 bridgehead atoms. The second kappa shape index (κ2) is 13.1. The van der Waals surface area contributed by atoms with Crippen molar-refractivity contribution in [2.45, 2.75) is 69.6 Å². The van der Waals surface area contributed by atoms with Crippen molar-refractivity contribution in [3.8, 4) is 5.75 Å². The van der Waals surface area contributed by atoms with E-state index in [-0.39, 0.29) is 23.8 Å². The number of rotatable bonds is 11. The molecule has 222 valence electrons. The van der Waals surface area contributed by atoms with Crippen molar-refractivity contribution < 1.29 is 49.0 Å². The third-order valence-corrected chi connectivity index (χ3v) is 8.46. The Balaban J connectivity index is 1.79. The zero-order valence-corrected chi connectivity index (χ0v) is 22.8. The van der Waals surface area contributed by atoms with Crippen LogP contribution < -0.4 is 4.74 Å². The molecular weight excluding hydrogens is 571 g/mol. The molecule has 3 unspecified atom stereocenters. The summed E-state index contributed by atoms with van der Waals surface area (Å²) in [4.78, 5) is 0. The van der Waals surface area contributed by atoms with Crippen molar-refractivity contribution in [1.82, 2.24) is 0 Å². The van der Waals surface area contributed by atoms with Gasteiger partial charge in [0, 0.05) is 30.2 Å². The van der Waals surface area contributed by atoms with Gasteiger partial charge in [-0.2, -0.15) is 33.7 Å². The van der Waals surface area contributed by atoms with Crippen LogP contribution >= 0.6 is 11.8 Å². The van der Waals surface area contributed by atoms with Crippen molar-refractivity contribution in [2.75, 3.05) is 12.9 Å². The lowest BCUT2D eigenvalue weighted by atomic mass is 9.83. The highest BCUT2D eigenvalue weighted by atomic mass is 32.2. The molecule has 3 rings (SSSR count). The van der Waals surface area contributed by atoms with Gasteiger partial charge in [-0.1, -0.05) is 19.4 Å². The minimum Gasteiger partial charge on any atom is -0.429 e. The molecule has 0 saturated carbocycles. The number of allylic oxidation sites excluding steroid dienone is 2. The van der Waals surface area contributed by atoms with Gasteiger partial charge in [0.25, 0.3) is 0 Å². The Morgan fingerprint density at radius 1 is 0.925 bits per heavy atom. The molecule has 2 aromatic carbocycles. The van der Waals surface area contributed by atoms with E-state index in [4.69, 9.17) is 4.74 Å². The second-order valence-corrected chi connectivity index (χ2v) is 10.9. The van der Waals surface area contributed by atoms with Gasteiger partial charge in [-0.25, -0.2) is 17.6 Å². The normalized spacial score (nSPS) is 17.9. The van der Waals surface area contributed by atoms with Crippen LogP contribution in [0.4, 0.5) is 39.5 Å². The van der Waals surface area contributed by atoms with Gasteiger partial charge in [-0.05, 0) is 61.8 Å². The molecule has 0 radical (unpaired) electrons. The van der Waals surface area contributed by atoms with Gasteiger partial charge in [0.1, 0.15) is 40.1 Å². The summed E-state index contributed by atoms with van der Waals surface area (Å²) in [6.45, 7) is 4.07. The second-order valence-electron chi connectivity index (χ2n) is 9.66. The van der Waals surface area contributed by atoms with E-state index in [2.05, 4.69) is 11.7 Å². The average molecular weight is 601 g/mol. The summed E-state index contributed by atoms with van der Waals surface area (Å²) in [6.07, 6.45) is -4.45. The summed E-state index contributed by atoms with van der Waals surface area (Å²) >= 11 is 1.82. The van der Waals surface area contributed by atoms with Crippen LogP contribution in [0.25, 0.3) is 5.57 Å². The molecule has 0 saturated heterocycles. The van der Waals surface area contributed by atoms with Gasteiger partial charge in [0.15, 0.2) is 0 Å². The molecule has 0 aromatic heterocycles. The lowest BCUT2D eigenvalue weighted by Gasteiger charge is -2.30. The molecule has 12 heteroatoms. The smallest absolute Gasteiger partial charge is 0.429 e. The monoisotopic (exact) mass is 600 g/mol. The molecule has 0 N–H and O–H groups in total. The maximum atomic E-state index is 14.8. The van der Waals surface area contributed by atoms with Crippen LogP contribution in [-0.2, 0) is 17.0 Å². The standard InChI is InChI=1S/C28H29F9O2S/c1-4-5-24(40-14-15(2)38-3)17-8-6-16(7-9-17)18-10-20(29)26(21(30)11-18)28(36,37)39-19-12-22(31)25(23(32)13-19)27(33,34)35/h6,10-13,15,17,24H,4-5,7-9,14H2,1-3H3. The Labute approximate surface area is 230 Å². The highest BCUT2D eigenvalue weighted by Gasteiger charge is 2.43. The van der Waals surface area contributed by atoms with E-state index >= 15 is 0 Å². The minimum absolute atomic E-state index is 0.0623. The maximum absolute atomic E-state index is 14.8. The van der Waals surface area contributed by atoms with Gasteiger partial charge in [-0.15, -0.1) is 0 Å². The lowest BCUT2D eigenvalue weighted by molar-refractivity contribution is -0.189. The Morgan fingerprint density at radius 2 is 1.50 bits per heavy atom. The largest absolute Gasteiger partial charge is 0.432 e. The molecular formula is C28H29F9O2S.